The highest BCUT2D eigenvalue weighted by atomic mass is 14.1. The third kappa shape index (κ3) is 13.8. The van der Waals surface area contributed by atoms with Crippen LogP contribution >= 0.6 is 0 Å². The van der Waals surface area contributed by atoms with Gasteiger partial charge in [-0.15, -0.1) is 0 Å². The summed E-state index contributed by atoms with van der Waals surface area (Å²) in [5, 5.41) is 0. The lowest BCUT2D eigenvalue weighted by atomic mass is 9.97. The van der Waals surface area contributed by atoms with E-state index < -0.39 is 0 Å². The highest BCUT2D eigenvalue weighted by Gasteiger charge is 2.00. The first kappa shape index (κ1) is 17.7. The van der Waals surface area contributed by atoms with Crippen LogP contribution in [0.25, 0.3) is 0 Å². The van der Waals surface area contributed by atoms with Crippen molar-refractivity contribution < 1.29 is 0 Å². The molecule has 1 atom stereocenters. The van der Waals surface area contributed by atoms with Crippen molar-refractivity contribution in [3.05, 3.63) is 11.6 Å². The van der Waals surface area contributed by atoms with Crippen LogP contribution in [0.1, 0.15) is 98.3 Å². The Kier molecular flexibility index (Phi) is 13.0. The first-order chi connectivity index (χ1) is 8.66. The molecule has 0 amide bonds. The van der Waals surface area contributed by atoms with Gasteiger partial charge in [-0.3, -0.25) is 0 Å². The molecule has 0 nitrogen and oxygen atoms in total. The van der Waals surface area contributed by atoms with Crippen molar-refractivity contribution in [2.75, 3.05) is 0 Å². The summed E-state index contributed by atoms with van der Waals surface area (Å²) in [6, 6.07) is 0. The Morgan fingerprint density at radius 3 is 1.94 bits per heavy atom. The number of hydrogen-bond acceptors (Lipinski definition) is 0. The van der Waals surface area contributed by atoms with Crippen molar-refractivity contribution in [2.45, 2.75) is 98.3 Å². The maximum Gasteiger partial charge on any atom is -0.0346 e. The molecule has 0 aromatic rings. The van der Waals surface area contributed by atoms with Crippen molar-refractivity contribution in [2.24, 2.45) is 5.92 Å². The predicted molar refractivity (Wildman–Crippen MR) is 85.1 cm³/mol. The lowest BCUT2D eigenvalue weighted by Gasteiger charge is -2.09. The van der Waals surface area contributed by atoms with E-state index in [1.807, 2.05) is 0 Å². The smallest absolute Gasteiger partial charge is 0.0346 e. The molecule has 0 aliphatic rings. The highest BCUT2D eigenvalue weighted by molar-refractivity contribution is 4.92. The third-order valence-corrected chi connectivity index (χ3v) is 3.76. The molecule has 0 radical (unpaired) electrons. The summed E-state index contributed by atoms with van der Waals surface area (Å²) in [6.07, 6.45) is 18.0. The molecule has 0 N–H and O–H groups in total. The summed E-state index contributed by atoms with van der Waals surface area (Å²) < 4.78 is 0. The molecule has 0 aromatic heterocycles. The Bertz CT molecular complexity index is 186. The second-order valence-electron chi connectivity index (χ2n) is 6.23. The van der Waals surface area contributed by atoms with Gasteiger partial charge in [0.15, 0.2) is 0 Å². The van der Waals surface area contributed by atoms with E-state index in [0.29, 0.717) is 0 Å². The third-order valence-electron chi connectivity index (χ3n) is 3.76. The molecule has 0 aromatic carbocycles. The zero-order chi connectivity index (χ0) is 13.6. The van der Waals surface area contributed by atoms with E-state index in [0.717, 1.165) is 5.92 Å². The molecular formula is C18H36. The van der Waals surface area contributed by atoms with E-state index in [9.17, 15) is 0 Å². The fourth-order valence-electron chi connectivity index (χ4n) is 2.43. The SMILES string of the molecule is CCCCCCCCCC[C@H](C)CCC=C(C)C. The van der Waals surface area contributed by atoms with E-state index >= 15 is 0 Å². The molecule has 0 spiro atoms. The van der Waals surface area contributed by atoms with E-state index in [4.69, 9.17) is 0 Å². The largest absolute Gasteiger partial charge is 0.0859 e. The maximum atomic E-state index is 2.42. The molecule has 108 valence electrons. The molecule has 0 unspecified atom stereocenters. The summed E-state index contributed by atoms with van der Waals surface area (Å²) in [7, 11) is 0. The van der Waals surface area contributed by atoms with Crippen LogP contribution in [0.2, 0.25) is 0 Å². The normalized spacial score (nSPS) is 12.4. The first-order valence-corrected chi connectivity index (χ1v) is 8.30. The molecule has 0 heterocycles. The molecule has 0 aliphatic heterocycles. The van der Waals surface area contributed by atoms with Crippen molar-refractivity contribution >= 4 is 0 Å². The van der Waals surface area contributed by atoms with E-state index in [1.54, 1.807) is 0 Å². The maximum absolute atomic E-state index is 2.42. The highest BCUT2D eigenvalue weighted by Crippen LogP contribution is 2.17. The van der Waals surface area contributed by atoms with Gasteiger partial charge in [0.1, 0.15) is 0 Å². The zero-order valence-corrected chi connectivity index (χ0v) is 13.4. The van der Waals surface area contributed by atoms with Gasteiger partial charge in [0.25, 0.3) is 0 Å². The fraction of sp³-hybridized carbons (Fsp3) is 0.889. The van der Waals surface area contributed by atoms with Crippen LogP contribution in [0.3, 0.4) is 0 Å². The van der Waals surface area contributed by atoms with Gasteiger partial charge in [0.2, 0.25) is 0 Å². The van der Waals surface area contributed by atoms with E-state index in [2.05, 4.69) is 33.8 Å². The van der Waals surface area contributed by atoms with Crippen LogP contribution in [0.4, 0.5) is 0 Å². The van der Waals surface area contributed by atoms with Gasteiger partial charge in [0, 0.05) is 0 Å². The predicted octanol–water partition coefficient (Wildman–Crippen LogP) is 6.90. The molecule has 0 saturated carbocycles. The van der Waals surface area contributed by atoms with Crippen LogP contribution in [0.5, 0.6) is 0 Å². The number of rotatable bonds is 12. The summed E-state index contributed by atoms with van der Waals surface area (Å²) in [6.45, 7) is 9.10. The van der Waals surface area contributed by atoms with Crippen LogP contribution in [0, 0.1) is 5.92 Å². The quantitative estimate of drug-likeness (QED) is 0.262. The summed E-state index contributed by atoms with van der Waals surface area (Å²) in [4.78, 5) is 0. The minimum atomic E-state index is 0.917. The summed E-state index contributed by atoms with van der Waals surface area (Å²) >= 11 is 0. The molecular weight excluding hydrogens is 216 g/mol. The van der Waals surface area contributed by atoms with E-state index in [1.165, 1.54) is 76.2 Å². The van der Waals surface area contributed by atoms with Gasteiger partial charge in [-0.25, -0.2) is 0 Å². The topological polar surface area (TPSA) is 0 Å². The van der Waals surface area contributed by atoms with Crippen molar-refractivity contribution in [3.8, 4) is 0 Å². The fourth-order valence-corrected chi connectivity index (χ4v) is 2.43. The second-order valence-corrected chi connectivity index (χ2v) is 6.23. The molecule has 0 aliphatic carbocycles. The Morgan fingerprint density at radius 2 is 1.39 bits per heavy atom. The minimum Gasteiger partial charge on any atom is -0.0859 e. The lowest BCUT2D eigenvalue weighted by Crippen LogP contribution is -1.94. The summed E-state index contributed by atoms with van der Waals surface area (Å²) in [5.74, 6) is 0.917. The van der Waals surface area contributed by atoms with Gasteiger partial charge in [-0.2, -0.15) is 0 Å². The minimum absolute atomic E-state index is 0.917. The van der Waals surface area contributed by atoms with Crippen LogP contribution < -0.4 is 0 Å². The molecule has 0 rings (SSSR count). The van der Waals surface area contributed by atoms with Gasteiger partial charge in [0.05, 0.1) is 0 Å². The molecule has 0 bridgehead atoms. The van der Waals surface area contributed by atoms with Gasteiger partial charge in [-0.05, 0) is 32.6 Å². The Balaban J connectivity index is 3.20. The Labute approximate surface area is 116 Å². The Hall–Kier alpha value is -0.260. The number of unbranched alkanes of at least 4 members (excludes halogenated alkanes) is 7. The van der Waals surface area contributed by atoms with Crippen LogP contribution in [0.15, 0.2) is 11.6 Å². The van der Waals surface area contributed by atoms with Crippen LogP contribution in [-0.2, 0) is 0 Å². The average Bonchev–Trinajstić information content (AvgIpc) is 2.32. The molecule has 0 fully saturated rings. The number of hydrogen-bond donors (Lipinski definition) is 0. The van der Waals surface area contributed by atoms with Gasteiger partial charge in [-0.1, -0.05) is 83.3 Å². The van der Waals surface area contributed by atoms with E-state index in [-0.39, 0.29) is 0 Å². The van der Waals surface area contributed by atoms with Gasteiger partial charge < -0.3 is 0 Å². The van der Waals surface area contributed by atoms with Crippen LogP contribution in [-0.4, -0.2) is 0 Å². The first-order valence-electron chi connectivity index (χ1n) is 8.30. The Morgan fingerprint density at radius 1 is 0.833 bits per heavy atom. The standard InChI is InChI=1S/C18H36/c1-5-6-7-8-9-10-11-12-15-18(4)16-13-14-17(2)3/h14,18H,5-13,15-16H2,1-4H3/t18-/m0/s1. The monoisotopic (exact) mass is 252 g/mol. The van der Waals surface area contributed by atoms with Gasteiger partial charge >= 0.3 is 0 Å². The average molecular weight is 252 g/mol. The second kappa shape index (κ2) is 13.2. The molecule has 0 heteroatoms. The molecule has 18 heavy (non-hydrogen) atoms. The van der Waals surface area contributed by atoms with Crippen molar-refractivity contribution in [3.63, 3.8) is 0 Å². The lowest BCUT2D eigenvalue weighted by molar-refractivity contribution is 0.457. The number of allylic oxidation sites excluding steroid dienone is 2. The zero-order valence-electron chi connectivity index (χ0n) is 13.4. The van der Waals surface area contributed by atoms with Crippen molar-refractivity contribution in [1.29, 1.82) is 0 Å². The summed E-state index contributed by atoms with van der Waals surface area (Å²) in [5.41, 5.74) is 1.47. The van der Waals surface area contributed by atoms with Crippen molar-refractivity contribution in [1.82, 2.24) is 0 Å². The molecule has 0 saturated heterocycles.